The van der Waals surface area contributed by atoms with E-state index < -0.39 is 0 Å². The molecule has 0 amide bonds. The van der Waals surface area contributed by atoms with Gasteiger partial charge in [0, 0.05) is 13.1 Å². The van der Waals surface area contributed by atoms with E-state index in [2.05, 4.69) is 25.8 Å². The molecule has 0 radical (unpaired) electrons. The third kappa shape index (κ3) is 5.29. The van der Waals surface area contributed by atoms with Gasteiger partial charge in [-0.2, -0.15) is 10.1 Å². The highest BCUT2D eigenvalue weighted by Crippen LogP contribution is 2.27. The molecule has 28 heavy (non-hydrogen) atoms. The number of ether oxygens (including phenoxy) is 2. The minimum absolute atomic E-state index is 0.256. The number of anilines is 2. The van der Waals surface area contributed by atoms with Crippen molar-refractivity contribution in [1.29, 1.82) is 0 Å². The maximum Gasteiger partial charge on any atom is 0.244 e. The number of hydrogen-bond acceptors (Lipinski definition) is 7. The first kappa shape index (κ1) is 19.3. The van der Waals surface area contributed by atoms with Crippen molar-refractivity contribution in [2.45, 2.75) is 13.0 Å². The smallest absolute Gasteiger partial charge is 0.244 e. The Labute approximate surface area is 162 Å². The van der Waals surface area contributed by atoms with Gasteiger partial charge >= 0.3 is 0 Å². The van der Waals surface area contributed by atoms with Crippen molar-refractivity contribution in [1.82, 2.24) is 15.2 Å². The molecule has 3 rings (SSSR count). The minimum Gasteiger partial charge on any atom is -0.493 e. The lowest BCUT2D eigenvalue weighted by Crippen LogP contribution is -2.10. The van der Waals surface area contributed by atoms with Gasteiger partial charge in [-0.1, -0.05) is 18.2 Å². The molecular formula is C20H22FN5O2. The molecule has 0 aliphatic heterocycles. The zero-order valence-electron chi connectivity index (χ0n) is 15.8. The van der Waals surface area contributed by atoms with E-state index in [1.807, 2.05) is 18.2 Å². The summed E-state index contributed by atoms with van der Waals surface area (Å²) in [5.41, 5.74) is 2.05. The van der Waals surface area contributed by atoms with E-state index in [-0.39, 0.29) is 5.82 Å². The monoisotopic (exact) mass is 383 g/mol. The van der Waals surface area contributed by atoms with E-state index in [1.165, 1.54) is 12.1 Å². The maximum absolute atomic E-state index is 13.0. The third-order valence-corrected chi connectivity index (χ3v) is 4.09. The van der Waals surface area contributed by atoms with Crippen LogP contribution in [-0.4, -0.2) is 35.9 Å². The Morgan fingerprint density at radius 2 is 1.68 bits per heavy atom. The van der Waals surface area contributed by atoms with E-state index >= 15 is 0 Å². The summed E-state index contributed by atoms with van der Waals surface area (Å²) in [7, 11) is 3.23. The molecule has 0 bridgehead atoms. The summed E-state index contributed by atoms with van der Waals surface area (Å²) >= 11 is 0. The fourth-order valence-electron chi connectivity index (χ4n) is 2.61. The van der Waals surface area contributed by atoms with Gasteiger partial charge < -0.3 is 20.1 Å². The maximum atomic E-state index is 13.0. The van der Waals surface area contributed by atoms with Crippen LogP contribution in [0.4, 0.5) is 16.2 Å². The molecule has 7 nitrogen and oxygen atoms in total. The highest BCUT2D eigenvalue weighted by atomic mass is 19.1. The number of nitrogens with zero attached hydrogens (tertiary/aromatic N) is 3. The molecule has 2 N–H and O–H groups in total. The van der Waals surface area contributed by atoms with Crippen molar-refractivity contribution in [3.63, 3.8) is 0 Å². The van der Waals surface area contributed by atoms with Crippen molar-refractivity contribution >= 4 is 11.8 Å². The molecule has 0 aliphatic rings. The second-order valence-electron chi connectivity index (χ2n) is 6.01. The summed E-state index contributed by atoms with van der Waals surface area (Å²) in [5.74, 6) is 2.17. The lowest BCUT2D eigenvalue weighted by atomic mass is 10.1. The SMILES string of the molecule is COc1ccc(CCNc2nncc(NCc3ccc(F)cc3)n2)cc1OC. The number of benzene rings is 2. The third-order valence-electron chi connectivity index (χ3n) is 4.09. The number of hydrogen-bond donors (Lipinski definition) is 2. The van der Waals surface area contributed by atoms with Gasteiger partial charge in [0.05, 0.1) is 20.4 Å². The van der Waals surface area contributed by atoms with Crippen molar-refractivity contribution in [2.24, 2.45) is 0 Å². The van der Waals surface area contributed by atoms with Crippen LogP contribution in [0.5, 0.6) is 11.5 Å². The first-order valence-corrected chi connectivity index (χ1v) is 8.81. The van der Waals surface area contributed by atoms with Crippen LogP contribution < -0.4 is 20.1 Å². The predicted octanol–water partition coefficient (Wildman–Crippen LogP) is 3.29. The number of methoxy groups -OCH3 is 2. The average molecular weight is 383 g/mol. The van der Waals surface area contributed by atoms with E-state index in [0.717, 1.165) is 17.5 Å². The van der Waals surface area contributed by atoms with E-state index in [0.29, 0.717) is 36.4 Å². The van der Waals surface area contributed by atoms with Gasteiger partial charge in [-0.05, 0) is 41.8 Å². The largest absolute Gasteiger partial charge is 0.493 e. The Hall–Kier alpha value is -3.42. The molecule has 0 saturated carbocycles. The molecule has 0 unspecified atom stereocenters. The van der Waals surface area contributed by atoms with Gasteiger partial charge in [0.2, 0.25) is 5.95 Å². The second kappa shape index (κ2) is 9.50. The quantitative estimate of drug-likeness (QED) is 0.587. The summed E-state index contributed by atoms with van der Waals surface area (Å²) in [6.45, 7) is 1.16. The topological polar surface area (TPSA) is 81.2 Å². The summed E-state index contributed by atoms with van der Waals surface area (Å²) < 4.78 is 23.5. The Balaban J connectivity index is 1.52. The van der Waals surface area contributed by atoms with Gasteiger partial charge in [-0.15, -0.1) is 5.10 Å². The molecule has 0 saturated heterocycles. The van der Waals surface area contributed by atoms with Gasteiger partial charge in [-0.25, -0.2) is 4.39 Å². The highest BCUT2D eigenvalue weighted by molar-refractivity contribution is 5.43. The lowest BCUT2D eigenvalue weighted by Gasteiger charge is -2.10. The predicted molar refractivity (Wildman–Crippen MR) is 105 cm³/mol. The van der Waals surface area contributed by atoms with Gasteiger partial charge in [0.1, 0.15) is 5.82 Å². The Kier molecular flexibility index (Phi) is 6.56. The lowest BCUT2D eigenvalue weighted by molar-refractivity contribution is 0.354. The molecular weight excluding hydrogens is 361 g/mol. The van der Waals surface area contributed by atoms with Crippen LogP contribution in [0.25, 0.3) is 0 Å². The first-order valence-electron chi connectivity index (χ1n) is 8.81. The molecule has 146 valence electrons. The number of nitrogens with one attached hydrogen (secondary N) is 2. The van der Waals surface area contributed by atoms with Gasteiger partial charge in [-0.3, -0.25) is 0 Å². The standard InChI is InChI=1S/C20H22FN5O2/c1-27-17-8-5-14(11-18(17)28-2)9-10-22-20-25-19(13-24-26-20)23-12-15-3-6-16(21)7-4-15/h3-8,11,13H,9-10,12H2,1-2H3,(H2,22,23,25,26). The first-order chi connectivity index (χ1) is 13.7. The molecule has 2 aromatic carbocycles. The number of halogens is 1. The number of aromatic nitrogens is 3. The minimum atomic E-state index is -0.256. The fraction of sp³-hybridized carbons (Fsp3) is 0.250. The zero-order chi connectivity index (χ0) is 19.8. The van der Waals surface area contributed by atoms with Crippen LogP contribution in [0.15, 0.2) is 48.7 Å². The van der Waals surface area contributed by atoms with Gasteiger partial charge in [0.15, 0.2) is 17.3 Å². The molecule has 8 heteroatoms. The number of rotatable bonds is 9. The van der Waals surface area contributed by atoms with Crippen molar-refractivity contribution in [2.75, 3.05) is 31.4 Å². The van der Waals surface area contributed by atoms with Crippen molar-refractivity contribution in [3.05, 3.63) is 65.6 Å². The van der Waals surface area contributed by atoms with Crippen LogP contribution in [0.1, 0.15) is 11.1 Å². The Morgan fingerprint density at radius 1 is 0.929 bits per heavy atom. The van der Waals surface area contributed by atoms with Crippen LogP contribution in [0.2, 0.25) is 0 Å². The molecule has 0 fully saturated rings. The average Bonchev–Trinajstić information content (AvgIpc) is 2.73. The van der Waals surface area contributed by atoms with Crippen molar-refractivity contribution in [3.8, 4) is 11.5 Å². The van der Waals surface area contributed by atoms with E-state index in [1.54, 1.807) is 32.5 Å². The zero-order valence-corrected chi connectivity index (χ0v) is 15.8. The highest BCUT2D eigenvalue weighted by Gasteiger charge is 2.05. The Bertz CT molecular complexity index is 905. The van der Waals surface area contributed by atoms with Crippen LogP contribution in [0.3, 0.4) is 0 Å². The molecule has 0 spiro atoms. The molecule has 1 heterocycles. The second-order valence-corrected chi connectivity index (χ2v) is 6.01. The summed E-state index contributed by atoms with van der Waals surface area (Å²) in [4.78, 5) is 4.38. The summed E-state index contributed by atoms with van der Waals surface area (Å²) in [6, 6.07) is 12.1. The molecule has 0 aliphatic carbocycles. The Morgan fingerprint density at radius 3 is 2.43 bits per heavy atom. The molecule has 1 aromatic heterocycles. The van der Waals surface area contributed by atoms with Crippen LogP contribution in [-0.2, 0) is 13.0 Å². The summed E-state index contributed by atoms with van der Waals surface area (Å²) in [5, 5.41) is 14.3. The fourth-order valence-corrected chi connectivity index (χ4v) is 2.61. The van der Waals surface area contributed by atoms with E-state index in [4.69, 9.17) is 9.47 Å². The van der Waals surface area contributed by atoms with Gasteiger partial charge in [0.25, 0.3) is 0 Å². The molecule has 3 aromatic rings. The van der Waals surface area contributed by atoms with Crippen LogP contribution >= 0.6 is 0 Å². The molecule has 0 atom stereocenters. The van der Waals surface area contributed by atoms with E-state index in [9.17, 15) is 4.39 Å². The van der Waals surface area contributed by atoms with Crippen molar-refractivity contribution < 1.29 is 13.9 Å². The normalized spacial score (nSPS) is 10.4. The summed E-state index contributed by atoms with van der Waals surface area (Å²) in [6.07, 6.45) is 2.31. The van der Waals surface area contributed by atoms with Crippen LogP contribution in [0, 0.1) is 5.82 Å².